The Morgan fingerprint density at radius 2 is 2.19 bits per heavy atom. The van der Waals surface area contributed by atoms with Crippen molar-refractivity contribution in [3.63, 3.8) is 0 Å². The highest BCUT2D eigenvalue weighted by Gasteiger charge is 2.50. The van der Waals surface area contributed by atoms with Crippen LogP contribution < -0.4 is 4.90 Å². The smallest absolute Gasteiger partial charge is 0.308 e. The van der Waals surface area contributed by atoms with Crippen LogP contribution in [0.3, 0.4) is 0 Å². The minimum Gasteiger partial charge on any atom is -0.481 e. The van der Waals surface area contributed by atoms with Crippen molar-refractivity contribution in [2.24, 2.45) is 5.92 Å². The minimum atomic E-state index is -0.879. The maximum absolute atomic E-state index is 13.6. The average Bonchev–Trinajstić information content (AvgIpc) is 2.98. The topological polar surface area (TPSA) is 83.7 Å². The molecule has 2 bridgehead atoms. The van der Waals surface area contributed by atoms with Crippen molar-refractivity contribution in [2.45, 2.75) is 31.3 Å². The average molecular weight is 359 g/mol. The quantitative estimate of drug-likeness (QED) is 0.663. The third-order valence-corrected chi connectivity index (χ3v) is 4.95. The van der Waals surface area contributed by atoms with E-state index in [1.165, 1.54) is 6.07 Å². The molecular weight excluding hydrogens is 347 g/mol. The summed E-state index contributed by atoms with van der Waals surface area (Å²) in [6.45, 7) is 0. The van der Waals surface area contributed by atoms with Crippen molar-refractivity contribution < 1.29 is 19.2 Å². The van der Waals surface area contributed by atoms with Gasteiger partial charge in [-0.1, -0.05) is 0 Å². The molecule has 8 heteroatoms. The van der Waals surface area contributed by atoms with Crippen LogP contribution >= 0.6 is 15.9 Å². The van der Waals surface area contributed by atoms with E-state index in [0.717, 1.165) is 12.5 Å². The van der Waals surface area contributed by atoms with Gasteiger partial charge in [-0.15, -0.1) is 0 Å². The Hall–Kier alpha value is -1.70. The third kappa shape index (κ3) is 2.17. The summed E-state index contributed by atoms with van der Waals surface area (Å²) < 4.78 is 13.7. The first-order valence-corrected chi connectivity index (χ1v) is 7.34. The van der Waals surface area contributed by atoms with Crippen LogP contribution in [0, 0.1) is 21.8 Å². The lowest BCUT2D eigenvalue weighted by molar-refractivity contribution is -0.384. The van der Waals surface area contributed by atoms with Gasteiger partial charge in [0.15, 0.2) is 0 Å². The van der Waals surface area contributed by atoms with Crippen LogP contribution in [-0.2, 0) is 4.79 Å². The number of rotatable bonds is 3. The van der Waals surface area contributed by atoms with Crippen molar-refractivity contribution in [3.05, 3.63) is 32.5 Å². The van der Waals surface area contributed by atoms with E-state index in [9.17, 15) is 24.4 Å². The van der Waals surface area contributed by atoms with Crippen LogP contribution in [0.1, 0.15) is 19.3 Å². The predicted octanol–water partition coefficient (Wildman–Crippen LogP) is 2.94. The number of nitrogens with zero attached hydrogens (tertiary/aromatic N) is 2. The Bertz CT molecular complexity index is 639. The normalized spacial score (nSPS) is 27.1. The Morgan fingerprint density at radius 3 is 2.76 bits per heavy atom. The highest BCUT2D eigenvalue weighted by atomic mass is 79.9. The third-order valence-electron chi connectivity index (χ3n) is 4.35. The van der Waals surface area contributed by atoms with E-state index >= 15 is 0 Å². The summed E-state index contributed by atoms with van der Waals surface area (Å²) in [5.74, 6) is -2.10. The minimum absolute atomic E-state index is 0.0350. The van der Waals surface area contributed by atoms with Gasteiger partial charge in [0.1, 0.15) is 11.5 Å². The highest BCUT2D eigenvalue weighted by molar-refractivity contribution is 9.10. The van der Waals surface area contributed by atoms with Gasteiger partial charge in [0.2, 0.25) is 0 Å². The molecule has 0 saturated carbocycles. The summed E-state index contributed by atoms with van der Waals surface area (Å²) in [5.41, 5.74) is -0.0248. The van der Waals surface area contributed by atoms with Crippen LogP contribution in [0.4, 0.5) is 15.8 Å². The molecule has 2 aliphatic rings. The van der Waals surface area contributed by atoms with Crippen molar-refractivity contribution >= 4 is 33.3 Å². The number of hydrogen-bond acceptors (Lipinski definition) is 4. The van der Waals surface area contributed by atoms with Gasteiger partial charge >= 0.3 is 5.97 Å². The number of hydrogen-bond donors (Lipinski definition) is 1. The lowest BCUT2D eigenvalue weighted by atomic mass is 9.89. The molecule has 2 fully saturated rings. The maximum Gasteiger partial charge on any atom is 0.308 e. The molecule has 1 N–H and O–H groups in total. The molecule has 0 aromatic heterocycles. The number of nitro groups is 1. The fourth-order valence-electron chi connectivity index (χ4n) is 3.51. The Kier molecular flexibility index (Phi) is 3.35. The molecule has 0 spiro atoms. The highest BCUT2D eigenvalue weighted by Crippen LogP contribution is 2.48. The number of carboxylic acids is 1. The first kappa shape index (κ1) is 14.2. The molecule has 2 heterocycles. The van der Waals surface area contributed by atoms with Crippen LogP contribution in [0.5, 0.6) is 0 Å². The number of carbonyl (C=O) groups is 1. The van der Waals surface area contributed by atoms with Crippen molar-refractivity contribution in [3.8, 4) is 0 Å². The first-order chi connectivity index (χ1) is 9.90. The zero-order chi connectivity index (χ0) is 15.3. The van der Waals surface area contributed by atoms with E-state index < -0.39 is 22.6 Å². The zero-order valence-electron chi connectivity index (χ0n) is 10.8. The Labute approximate surface area is 127 Å². The number of aliphatic carboxylic acids is 1. The second-order valence-corrected chi connectivity index (χ2v) is 6.25. The Morgan fingerprint density at radius 1 is 1.48 bits per heavy atom. The van der Waals surface area contributed by atoms with Crippen LogP contribution in [0.2, 0.25) is 0 Å². The summed E-state index contributed by atoms with van der Waals surface area (Å²) >= 11 is 3.04. The number of fused-ring (bicyclic) bond motifs is 2. The fraction of sp³-hybridized carbons (Fsp3) is 0.462. The second kappa shape index (κ2) is 4.94. The van der Waals surface area contributed by atoms with Gasteiger partial charge < -0.3 is 10.0 Å². The standard InChI is InChI=1S/C13H12BrFN2O4/c14-8-4-11(12(17(20)21)5-9(8)15)16-6-1-2-10(16)7(3-6)13(18)19/h4-7,10H,1-3H2,(H,18,19). The monoisotopic (exact) mass is 358 g/mol. The largest absolute Gasteiger partial charge is 0.481 e. The molecule has 112 valence electrons. The SMILES string of the molecule is O=C(O)C1CC2CCC1N2c1cc(Br)c(F)cc1[N+](=O)[O-]. The van der Waals surface area contributed by atoms with E-state index in [4.69, 9.17) is 0 Å². The lowest BCUT2D eigenvalue weighted by Gasteiger charge is -2.25. The molecule has 2 aliphatic heterocycles. The first-order valence-electron chi connectivity index (χ1n) is 6.54. The molecule has 1 aromatic carbocycles. The van der Waals surface area contributed by atoms with Crippen LogP contribution in [0.15, 0.2) is 16.6 Å². The molecule has 3 atom stereocenters. The van der Waals surface area contributed by atoms with Gasteiger partial charge in [-0.2, -0.15) is 0 Å². The van der Waals surface area contributed by atoms with Gasteiger partial charge in [-0.3, -0.25) is 14.9 Å². The van der Waals surface area contributed by atoms with E-state index in [1.54, 1.807) is 4.90 Å². The lowest BCUT2D eigenvalue weighted by Crippen LogP contribution is -2.33. The molecule has 6 nitrogen and oxygen atoms in total. The number of halogens is 2. The second-order valence-electron chi connectivity index (χ2n) is 5.40. The van der Waals surface area contributed by atoms with E-state index in [1.807, 2.05) is 0 Å². The fourth-order valence-corrected chi connectivity index (χ4v) is 3.84. The van der Waals surface area contributed by atoms with Crippen molar-refractivity contribution in [1.82, 2.24) is 0 Å². The number of nitro benzene ring substituents is 1. The number of benzene rings is 1. The van der Waals surface area contributed by atoms with Gasteiger partial charge in [-0.25, -0.2) is 4.39 Å². The molecule has 2 saturated heterocycles. The summed E-state index contributed by atoms with van der Waals surface area (Å²) in [5, 5.41) is 20.4. The van der Waals surface area contributed by atoms with Crippen LogP contribution in [-0.4, -0.2) is 28.1 Å². The van der Waals surface area contributed by atoms with Crippen LogP contribution in [0.25, 0.3) is 0 Å². The van der Waals surface area contributed by atoms with E-state index in [0.29, 0.717) is 18.5 Å². The van der Waals surface area contributed by atoms with Gasteiger partial charge in [0.25, 0.3) is 5.69 Å². The molecular formula is C13H12BrFN2O4. The molecule has 3 rings (SSSR count). The number of carboxylic acid groups (broad SMARTS) is 1. The van der Waals surface area contributed by atoms with Crippen molar-refractivity contribution in [2.75, 3.05) is 4.90 Å². The summed E-state index contributed by atoms with van der Waals surface area (Å²) in [6, 6.07) is 1.96. The molecule has 3 unspecified atom stereocenters. The molecule has 1 aromatic rings. The maximum atomic E-state index is 13.6. The van der Waals surface area contributed by atoms with E-state index in [-0.39, 0.29) is 22.2 Å². The van der Waals surface area contributed by atoms with Crippen molar-refractivity contribution in [1.29, 1.82) is 0 Å². The Balaban J connectivity index is 2.07. The molecule has 0 amide bonds. The van der Waals surface area contributed by atoms with Gasteiger partial charge in [0, 0.05) is 12.1 Å². The summed E-state index contributed by atoms with van der Waals surface area (Å²) in [7, 11) is 0. The molecule has 0 aliphatic carbocycles. The van der Waals surface area contributed by atoms with E-state index in [2.05, 4.69) is 15.9 Å². The van der Waals surface area contributed by atoms with Gasteiger partial charge in [-0.05, 0) is 41.3 Å². The molecule has 0 radical (unpaired) electrons. The summed E-state index contributed by atoms with van der Waals surface area (Å²) in [6.07, 6.45) is 1.97. The van der Waals surface area contributed by atoms with Gasteiger partial charge in [0.05, 0.1) is 21.4 Å². The zero-order valence-corrected chi connectivity index (χ0v) is 12.4. The summed E-state index contributed by atoms with van der Waals surface area (Å²) in [4.78, 5) is 23.6. The predicted molar refractivity (Wildman–Crippen MR) is 75.8 cm³/mol. The molecule has 21 heavy (non-hydrogen) atoms. The number of anilines is 1.